The number of hydrogen-bond donors (Lipinski definition) is 2. The lowest BCUT2D eigenvalue weighted by Crippen LogP contribution is -2.27. The summed E-state index contributed by atoms with van der Waals surface area (Å²) in [6.07, 6.45) is 12.5. The van der Waals surface area contributed by atoms with Gasteiger partial charge in [0, 0.05) is 6.42 Å². The van der Waals surface area contributed by atoms with Crippen LogP contribution in [-0.4, -0.2) is 47.6 Å². The van der Waals surface area contributed by atoms with E-state index in [-0.39, 0.29) is 0 Å². The molecule has 2 aromatic rings. The lowest BCUT2D eigenvalue weighted by Gasteiger charge is -2.19. The van der Waals surface area contributed by atoms with E-state index in [0.29, 0.717) is 55.5 Å². The van der Waals surface area contributed by atoms with Crippen molar-refractivity contribution in [2.24, 2.45) is 0 Å². The van der Waals surface area contributed by atoms with Crippen LogP contribution in [0.2, 0.25) is 0 Å². The smallest absolute Gasteiger partial charge is 0.344 e. The van der Waals surface area contributed by atoms with Crippen LogP contribution in [0.15, 0.2) is 48.5 Å². The molecule has 0 heterocycles. The van der Waals surface area contributed by atoms with E-state index in [2.05, 4.69) is 13.8 Å². The fourth-order valence-electron chi connectivity index (χ4n) is 4.75. The fourth-order valence-corrected chi connectivity index (χ4v) is 4.75. The molecule has 0 radical (unpaired) electrons. The molecule has 2 rings (SSSR count). The fraction of sp³-hybridized carbons (Fsp3) is 0.600. The maximum Gasteiger partial charge on any atom is 0.344 e. The first-order valence-electron chi connectivity index (χ1n) is 16.2. The van der Waals surface area contributed by atoms with Crippen LogP contribution in [0.4, 0.5) is 0 Å². The molecule has 0 spiro atoms. The quantitative estimate of drug-likeness (QED) is 0.103. The summed E-state index contributed by atoms with van der Waals surface area (Å²) in [4.78, 5) is 23.6. The molecule has 0 saturated heterocycles. The van der Waals surface area contributed by atoms with Crippen molar-refractivity contribution in [3.8, 4) is 23.0 Å². The zero-order valence-corrected chi connectivity index (χ0v) is 26.1. The summed E-state index contributed by atoms with van der Waals surface area (Å²) in [5.74, 6) is -0.167. The van der Waals surface area contributed by atoms with Gasteiger partial charge in [0.2, 0.25) is 0 Å². The van der Waals surface area contributed by atoms with E-state index in [1.807, 2.05) is 12.1 Å². The van der Waals surface area contributed by atoms with Crippen LogP contribution in [0.5, 0.6) is 23.0 Å². The van der Waals surface area contributed by atoms with Gasteiger partial charge in [0.25, 0.3) is 0 Å². The number of carboxylic acids is 2. The molecular formula is C35H52O8. The Hall–Kier alpha value is -3.42. The predicted molar refractivity (Wildman–Crippen MR) is 169 cm³/mol. The molecule has 0 aliphatic carbocycles. The first-order valence-corrected chi connectivity index (χ1v) is 16.2. The standard InChI is InChI=1S/C35H52O8/c1-3-5-7-9-11-13-24-32(34(36)37)42-30-22-17-15-20-28(30)40-26-19-27-41-29-21-16-18-23-31(29)43-33(35(38)39)25-14-12-10-8-6-4-2/h15-18,20-23,32-33H,3-14,19,24-27H2,1-2H3,(H,36,37)(H,38,39). The molecule has 2 N–H and O–H groups in total. The summed E-state index contributed by atoms with van der Waals surface area (Å²) in [6, 6.07) is 14.2. The number of hydrogen-bond acceptors (Lipinski definition) is 6. The van der Waals surface area contributed by atoms with E-state index >= 15 is 0 Å². The third-order valence-electron chi connectivity index (χ3n) is 7.23. The zero-order chi connectivity index (χ0) is 31.1. The molecule has 2 aromatic carbocycles. The molecule has 240 valence electrons. The van der Waals surface area contributed by atoms with Gasteiger partial charge < -0.3 is 29.2 Å². The highest BCUT2D eigenvalue weighted by molar-refractivity contribution is 5.73. The first kappa shape index (κ1) is 35.8. The zero-order valence-electron chi connectivity index (χ0n) is 26.1. The highest BCUT2D eigenvalue weighted by Gasteiger charge is 2.22. The largest absolute Gasteiger partial charge is 0.490 e. The van der Waals surface area contributed by atoms with Crippen LogP contribution in [-0.2, 0) is 9.59 Å². The van der Waals surface area contributed by atoms with Crippen molar-refractivity contribution in [2.75, 3.05) is 13.2 Å². The molecule has 2 atom stereocenters. The van der Waals surface area contributed by atoms with Crippen molar-refractivity contribution in [3.05, 3.63) is 48.5 Å². The Bertz CT molecular complexity index is 959. The number of ether oxygens (including phenoxy) is 4. The minimum absolute atomic E-state index is 0.328. The van der Waals surface area contributed by atoms with Crippen LogP contribution >= 0.6 is 0 Å². The molecule has 8 nitrogen and oxygen atoms in total. The normalized spacial score (nSPS) is 12.3. The maximum absolute atomic E-state index is 11.8. The Morgan fingerprint density at radius 1 is 0.535 bits per heavy atom. The Labute approximate surface area is 257 Å². The molecule has 0 bridgehead atoms. The number of unbranched alkanes of at least 4 members (excludes halogenated alkanes) is 10. The second-order valence-corrected chi connectivity index (χ2v) is 10.9. The van der Waals surface area contributed by atoms with E-state index in [4.69, 9.17) is 18.9 Å². The third kappa shape index (κ3) is 15.0. The second-order valence-electron chi connectivity index (χ2n) is 10.9. The van der Waals surface area contributed by atoms with Gasteiger partial charge in [0.15, 0.2) is 35.2 Å². The highest BCUT2D eigenvalue weighted by Crippen LogP contribution is 2.30. The maximum atomic E-state index is 11.8. The van der Waals surface area contributed by atoms with Gasteiger partial charge in [-0.15, -0.1) is 0 Å². The summed E-state index contributed by atoms with van der Waals surface area (Å²) in [5, 5.41) is 19.4. The third-order valence-corrected chi connectivity index (χ3v) is 7.23. The summed E-state index contributed by atoms with van der Waals surface area (Å²) < 4.78 is 23.6. The Morgan fingerprint density at radius 2 is 0.884 bits per heavy atom. The molecule has 43 heavy (non-hydrogen) atoms. The SMILES string of the molecule is CCCCCCCCC(Oc1ccccc1OCCCOc1ccccc1OC(CCCCCCCC)C(=O)O)C(=O)O. The van der Waals surface area contributed by atoms with E-state index < -0.39 is 24.1 Å². The van der Waals surface area contributed by atoms with Gasteiger partial charge in [0.05, 0.1) is 13.2 Å². The number of para-hydroxylation sites is 4. The van der Waals surface area contributed by atoms with Gasteiger partial charge in [0.1, 0.15) is 0 Å². The summed E-state index contributed by atoms with van der Waals surface area (Å²) in [5.41, 5.74) is 0. The van der Waals surface area contributed by atoms with Gasteiger partial charge in [-0.2, -0.15) is 0 Å². The molecule has 0 aliphatic rings. The molecule has 0 aliphatic heterocycles. The number of benzene rings is 2. The summed E-state index contributed by atoms with van der Waals surface area (Å²) >= 11 is 0. The number of carbonyl (C=O) groups is 2. The van der Waals surface area contributed by atoms with E-state index in [9.17, 15) is 19.8 Å². The molecule has 0 amide bonds. The van der Waals surface area contributed by atoms with Crippen molar-refractivity contribution in [1.82, 2.24) is 0 Å². The topological polar surface area (TPSA) is 112 Å². The predicted octanol–water partition coefficient (Wildman–Crippen LogP) is 8.70. The number of rotatable bonds is 26. The highest BCUT2D eigenvalue weighted by atomic mass is 16.5. The monoisotopic (exact) mass is 600 g/mol. The summed E-state index contributed by atoms with van der Waals surface area (Å²) in [7, 11) is 0. The Morgan fingerprint density at radius 3 is 1.26 bits per heavy atom. The second kappa shape index (κ2) is 22.2. The van der Waals surface area contributed by atoms with E-state index in [1.54, 1.807) is 36.4 Å². The molecule has 0 fully saturated rings. The molecular weight excluding hydrogens is 548 g/mol. The van der Waals surface area contributed by atoms with Gasteiger partial charge in [-0.1, -0.05) is 102 Å². The summed E-state index contributed by atoms with van der Waals surface area (Å²) in [6.45, 7) is 5.00. The average Bonchev–Trinajstić information content (AvgIpc) is 3.00. The van der Waals surface area contributed by atoms with Crippen molar-refractivity contribution in [3.63, 3.8) is 0 Å². The van der Waals surface area contributed by atoms with Crippen LogP contribution < -0.4 is 18.9 Å². The molecule has 0 aromatic heterocycles. The van der Waals surface area contributed by atoms with Gasteiger partial charge in [-0.25, -0.2) is 9.59 Å². The van der Waals surface area contributed by atoms with E-state index in [1.165, 1.54) is 38.5 Å². The molecule has 0 saturated carbocycles. The van der Waals surface area contributed by atoms with Crippen LogP contribution in [0, 0.1) is 0 Å². The average molecular weight is 601 g/mol. The van der Waals surface area contributed by atoms with E-state index in [0.717, 1.165) is 38.5 Å². The lowest BCUT2D eigenvalue weighted by atomic mass is 10.1. The Kier molecular flexibility index (Phi) is 18.4. The minimum atomic E-state index is -0.977. The van der Waals surface area contributed by atoms with Gasteiger partial charge >= 0.3 is 11.9 Å². The van der Waals surface area contributed by atoms with Crippen molar-refractivity contribution < 1.29 is 38.7 Å². The van der Waals surface area contributed by atoms with Crippen molar-refractivity contribution in [2.45, 2.75) is 122 Å². The Balaban J connectivity index is 1.82. The van der Waals surface area contributed by atoms with Crippen LogP contribution in [0.25, 0.3) is 0 Å². The lowest BCUT2D eigenvalue weighted by molar-refractivity contribution is -0.146. The molecule has 8 heteroatoms. The number of aliphatic carboxylic acids is 2. The van der Waals surface area contributed by atoms with Crippen LogP contribution in [0.3, 0.4) is 0 Å². The van der Waals surface area contributed by atoms with Crippen LogP contribution in [0.1, 0.15) is 110 Å². The van der Waals surface area contributed by atoms with Gasteiger partial charge in [-0.3, -0.25) is 0 Å². The number of carboxylic acid groups (broad SMARTS) is 2. The van der Waals surface area contributed by atoms with Crippen molar-refractivity contribution >= 4 is 11.9 Å². The van der Waals surface area contributed by atoms with Crippen molar-refractivity contribution in [1.29, 1.82) is 0 Å². The van der Waals surface area contributed by atoms with Gasteiger partial charge in [-0.05, 0) is 49.9 Å². The minimum Gasteiger partial charge on any atom is -0.490 e. The first-order chi connectivity index (χ1) is 21.0. The molecule has 2 unspecified atom stereocenters.